The fourth-order valence-electron chi connectivity index (χ4n) is 6.03. The van der Waals surface area contributed by atoms with Crippen molar-refractivity contribution in [3.05, 3.63) is 65.9 Å². The summed E-state index contributed by atoms with van der Waals surface area (Å²) >= 11 is 0. The van der Waals surface area contributed by atoms with Crippen LogP contribution < -0.4 is 19.9 Å². The third-order valence-electron chi connectivity index (χ3n) is 8.10. The van der Waals surface area contributed by atoms with Crippen LogP contribution in [0.2, 0.25) is 0 Å². The Bertz CT molecular complexity index is 1430. The lowest BCUT2D eigenvalue weighted by Gasteiger charge is -2.38. The number of piperazine rings is 1. The first-order valence-electron chi connectivity index (χ1n) is 15.5. The first kappa shape index (κ1) is 31.8. The number of nitrogens with one attached hydrogen (secondary N) is 1. The Morgan fingerprint density at radius 3 is 2.51 bits per heavy atom. The van der Waals surface area contributed by atoms with Crippen LogP contribution in [0.4, 0.5) is 11.5 Å². The number of aryl methyl sites for hydroxylation is 1. The van der Waals surface area contributed by atoms with Crippen molar-refractivity contribution in [3.63, 3.8) is 0 Å². The molecule has 0 radical (unpaired) electrons. The lowest BCUT2D eigenvalue weighted by atomic mass is 9.99. The average molecular weight is 584 g/mol. The predicted octanol–water partition coefficient (Wildman–Crippen LogP) is 5.02. The molecule has 3 aliphatic rings. The van der Waals surface area contributed by atoms with E-state index in [0.29, 0.717) is 38.3 Å². The van der Waals surface area contributed by atoms with Gasteiger partial charge >= 0.3 is 6.01 Å². The Morgan fingerprint density at radius 2 is 1.84 bits per heavy atom. The van der Waals surface area contributed by atoms with E-state index in [1.54, 1.807) is 6.07 Å². The van der Waals surface area contributed by atoms with Gasteiger partial charge in [-0.1, -0.05) is 50.8 Å². The number of ether oxygens (including phenoxy) is 1. The summed E-state index contributed by atoms with van der Waals surface area (Å²) in [6, 6.07) is 15.6. The van der Waals surface area contributed by atoms with Crippen molar-refractivity contribution in [1.29, 1.82) is 5.26 Å². The van der Waals surface area contributed by atoms with Crippen molar-refractivity contribution >= 4 is 28.2 Å². The van der Waals surface area contributed by atoms with Crippen LogP contribution in [0.15, 0.2) is 49.1 Å². The molecule has 2 fully saturated rings. The van der Waals surface area contributed by atoms with Crippen molar-refractivity contribution in [3.8, 4) is 12.1 Å². The maximum absolute atomic E-state index is 12.1. The molecule has 1 amide bonds. The van der Waals surface area contributed by atoms with Crippen molar-refractivity contribution in [2.75, 3.05) is 55.7 Å². The normalized spacial score (nSPS) is 17.6. The molecule has 0 bridgehead atoms. The van der Waals surface area contributed by atoms with Crippen LogP contribution in [0.25, 0.3) is 10.8 Å². The number of hydrogen-bond acceptors (Lipinski definition) is 8. The number of amides is 1. The van der Waals surface area contributed by atoms with E-state index in [2.05, 4.69) is 65.0 Å². The number of carbonyl (C=O) groups is 1. The first-order valence-corrected chi connectivity index (χ1v) is 15.5. The minimum atomic E-state index is -0.0107. The standard InChI is InChI=1S/C30H36N6O2.C2H3N.C2H6/c1-3-27(37)34-15-17-35(18-16-34)29-24-12-14-36(26-11-5-9-22-8-4-7-21(2)28(22)26)19-25(24)32-30(33-29)38-20-23-10-6-13-31-23;1-2-3;1-2/h3-5,7-9,11,23,31H,1,6,10,12-20H2,2H3;1H3;1-2H3. The van der Waals surface area contributed by atoms with Crippen LogP contribution in [-0.2, 0) is 17.8 Å². The second-order valence-electron chi connectivity index (χ2n) is 10.7. The molecule has 1 atom stereocenters. The molecule has 9 heteroatoms. The molecule has 0 saturated carbocycles. The minimum absolute atomic E-state index is 0.0107. The van der Waals surface area contributed by atoms with Crippen LogP contribution in [-0.4, -0.2) is 72.7 Å². The molecule has 0 aliphatic carbocycles. The summed E-state index contributed by atoms with van der Waals surface area (Å²) in [4.78, 5) is 28.6. The molecule has 0 spiro atoms. The van der Waals surface area contributed by atoms with E-state index in [1.807, 2.05) is 18.7 Å². The average Bonchev–Trinajstić information content (AvgIpc) is 3.58. The lowest BCUT2D eigenvalue weighted by Crippen LogP contribution is -2.49. The fraction of sp³-hybridized carbons (Fsp3) is 0.471. The van der Waals surface area contributed by atoms with E-state index < -0.39 is 0 Å². The monoisotopic (exact) mass is 583 g/mol. The first-order chi connectivity index (χ1) is 21.0. The smallest absolute Gasteiger partial charge is 0.318 e. The second-order valence-corrected chi connectivity index (χ2v) is 10.7. The molecule has 43 heavy (non-hydrogen) atoms. The predicted molar refractivity (Wildman–Crippen MR) is 174 cm³/mol. The van der Waals surface area contributed by atoms with Gasteiger partial charge in [-0.2, -0.15) is 15.2 Å². The molecule has 6 rings (SSSR count). The van der Waals surface area contributed by atoms with E-state index in [0.717, 1.165) is 50.5 Å². The molecule has 2 saturated heterocycles. The quantitative estimate of drug-likeness (QED) is 0.404. The van der Waals surface area contributed by atoms with Crippen molar-refractivity contribution in [1.82, 2.24) is 20.2 Å². The van der Waals surface area contributed by atoms with Gasteiger partial charge in [0.15, 0.2) is 0 Å². The molecule has 3 aromatic rings. The van der Waals surface area contributed by atoms with Crippen LogP contribution in [0.5, 0.6) is 6.01 Å². The van der Waals surface area contributed by atoms with Crippen molar-refractivity contribution in [2.45, 2.75) is 59.5 Å². The molecule has 228 valence electrons. The third kappa shape index (κ3) is 7.44. The van der Waals surface area contributed by atoms with Gasteiger partial charge in [-0.25, -0.2) is 0 Å². The summed E-state index contributed by atoms with van der Waals surface area (Å²) in [5.41, 5.74) is 4.77. The third-order valence-corrected chi connectivity index (χ3v) is 8.10. The highest BCUT2D eigenvalue weighted by Gasteiger charge is 2.29. The van der Waals surface area contributed by atoms with E-state index in [-0.39, 0.29) is 5.91 Å². The summed E-state index contributed by atoms with van der Waals surface area (Å²) in [5, 5.41) is 13.4. The van der Waals surface area contributed by atoms with E-state index in [9.17, 15) is 4.79 Å². The second kappa shape index (κ2) is 15.4. The van der Waals surface area contributed by atoms with Gasteiger partial charge in [0.1, 0.15) is 12.4 Å². The summed E-state index contributed by atoms with van der Waals surface area (Å²) < 4.78 is 6.19. The van der Waals surface area contributed by atoms with Crippen LogP contribution >= 0.6 is 0 Å². The number of nitrogens with zero attached hydrogens (tertiary/aromatic N) is 6. The zero-order valence-electron chi connectivity index (χ0n) is 26.1. The molecule has 2 aromatic carbocycles. The Morgan fingerprint density at radius 1 is 1.12 bits per heavy atom. The number of benzene rings is 2. The number of aromatic nitrogens is 2. The summed E-state index contributed by atoms with van der Waals surface area (Å²) in [5.74, 6) is 0.951. The number of rotatable bonds is 6. The fourth-order valence-corrected chi connectivity index (χ4v) is 6.03. The number of fused-ring (bicyclic) bond motifs is 2. The van der Waals surface area contributed by atoms with Crippen molar-refractivity contribution < 1.29 is 9.53 Å². The highest BCUT2D eigenvalue weighted by molar-refractivity contribution is 5.97. The Hall–Kier alpha value is -4.16. The number of anilines is 2. The maximum Gasteiger partial charge on any atom is 0.318 e. The van der Waals surface area contributed by atoms with E-state index in [4.69, 9.17) is 20.0 Å². The maximum atomic E-state index is 12.1. The van der Waals surface area contributed by atoms with E-state index >= 15 is 0 Å². The SMILES string of the molecule is C=CC(=O)N1CCN(c2nc(OCC3CCCN3)nc3c2CCN(c2cccc4cccc(C)c24)C3)CC1.CC.CC#N. The minimum Gasteiger partial charge on any atom is -0.462 e. The Balaban J connectivity index is 0.000000798. The molecular weight excluding hydrogens is 538 g/mol. The summed E-state index contributed by atoms with van der Waals surface area (Å²) in [7, 11) is 0. The van der Waals surface area contributed by atoms with Crippen LogP contribution in [0.3, 0.4) is 0 Å². The topological polar surface area (TPSA) is 97.6 Å². The van der Waals surface area contributed by atoms with Gasteiger partial charge in [0.25, 0.3) is 0 Å². The van der Waals surface area contributed by atoms with Gasteiger partial charge < -0.3 is 24.8 Å². The van der Waals surface area contributed by atoms with Gasteiger partial charge in [-0.05, 0) is 55.8 Å². The van der Waals surface area contributed by atoms with Crippen LogP contribution in [0, 0.1) is 18.3 Å². The van der Waals surface area contributed by atoms with Crippen LogP contribution in [0.1, 0.15) is 50.4 Å². The largest absolute Gasteiger partial charge is 0.462 e. The molecule has 4 heterocycles. The summed E-state index contributed by atoms with van der Waals surface area (Å²) in [6.45, 7) is 17.3. The number of hydrogen-bond donors (Lipinski definition) is 1. The van der Waals surface area contributed by atoms with Gasteiger partial charge in [0.05, 0.1) is 18.3 Å². The highest BCUT2D eigenvalue weighted by atomic mass is 16.5. The van der Waals surface area contributed by atoms with Gasteiger partial charge in [-0.15, -0.1) is 0 Å². The lowest BCUT2D eigenvalue weighted by molar-refractivity contribution is -0.126. The zero-order valence-corrected chi connectivity index (χ0v) is 26.1. The zero-order chi connectivity index (χ0) is 30.8. The molecule has 1 N–H and O–H groups in total. The summed E-state index contributed by atoms with van der Waals surface area (Å²) in [6.07, 6.45) is 4.56. The molecule has 3 aliphatic heterocycles. The van der Waals surface area contributed by atoms with Gasteiger partial charge in [0.2, 0.25) is 5.91 Å². The molecule has 1 aromatic heterocycles. The van der Waals surface area contributed by atoms with Gasteiger partial charge in [0, 0.05) is 62.3 Å². The Labute approximate surface area is 256 Å². The van der Waals surface area contributed by atoms with E-state index in [1.165, 1.54) is 47.0 Å². The van der Waals surface area contributed by atoms with Gasteiger partial charge in [-0.3, -0.25) is 4.79 Å². The molecule has 1 unspecified atom stereocenters. The number of nitriles is 1. The van der Waals surface area contributed by atoms with Crippen molar-refractivity contribution in [2.24, 2.45) is 0 Å². The molecular formula is C34H45N7O2. The molecule has 9 nitrogen and oxygen atoms in total. The highest BCUT2D eigenvalue weighted by Crippen LogP contribution is 2.35. The Kier molecular flexibility index (Phi) is 11.3. The number of carbonyl (C=O) groups excluding carboxylic acids is 1.